The third-order valence-corrected chi connectivity index (χ3v) is 5.25. The average molecular weight is 381 g/mol. The van der Waals surface area contributed by atoms with Crippen molar-refractivity contribution in [3.05, 3.63) is 60.2 Å². The number of para-hydroxylation sites is 2. The lowest BCUT2D eigenvalue weighted by Gasteiger charge is -2.31. The average Bonchev–Trinajstić information content (AvgIpc) is 2.69. The molecule has 1 N–H and O–H groups in total. The summed E-state index contributed by atoms with van der Waals surface area (Å²) in [5.41, 5.74) is 2.19. The van der Waals surface area contributed by atoms with E-state index in [1.165, 1.54) is 24.8 Å². The number of carbonyl (C=O) groups excluding carboxylic acids is 1. The molecule has 0 saturated carbocycles. The van der Waals surface area contributed by atoms with Gasteiger partial charge in [-0.15, -0.1) is 0 Å². The number of hydrogen-bond acceptors (Lipinski definition) is 3. The maximum atomic E-state index is 12.4. The lowest BCUT2D eigenvalue weighted by atomic mass is 9.90. The fraction of sp³-hybridized carbons (Fsp3) is 0.458. The van der Waals surface area contributed by atoms with Gasteiger partial charge in [0.25, 0.3) is 0 Å². The number of ether oxygens (including phenoxy) is 1. The van der Waals surface area contributed by atoms with Crippen molar-refractivity contribution in [2.75, 3.05) is 25.0 Å². The van der Waals surface area contributed by atoms with Crippen LogP contribution >= 0.6 is 0 Å². The summed E-state index contributed by atoms with van der Waals surface area (Å²) in [6.45, 7) is 6.95. The molecule has 0 atom stereocenters. The Morgan fingerprint density at radius 1 is 1.07 bits per heavy atom. The minimum absolute atomic E-state index is 0.0474. The first-order valence-corrected chi connectivity index (χ1v) is 10.4. The van der Waals surface area contributed by atoms with E-state index in [-0.39, 0.29) is 12.0 Å². The largest absolute Gasteiger partial charge is 0.489 e. The zero-order chi connectivity index (χ0) is 19.8. The lowest BCUT2D eigenvalue weighted by molar-refractivity contribution is -0.116. The van der Waals surface area contributed by atoms with Crippen LogP contribution in [0.25, 0.3) is 0 Å². The molecule has 1 fully saturated rings. The maximum Gasteiger partial charge on any atom is 0.225 e. The fourth-order valence-corrected chi connectivity index (χ4v) is 3.76. The molecule has 0 radical (unpaired) electrons. The van der Waals surface area contributed by atoms with Crippen LogP contribution in [0.4, 0.5) is 5.69 Å². The van der Waals surface area contributed by atoms with Gasteiger partial charge in [0.1, 0.15) is 5.75 Å². The first kappa shape index (κ1) is 20.4. The van der Waals surface area contributed by atoms with E-state index in [9.17, 15) is 4.79 Å². The molecule has 0 spiro atoms. The Hall–Kier alpha value is -2.33. The van der Waals surface area contributed by atoms with Gasteiger partial charge in [-0.3, -0.25) is 4.79 Å². The molecule has 4 heteroatoms. The second-order valence-corrected chi connectivity index (χ2v) is 7.94. The van der Waals surface area contributed by atoms with Crippen LogP contribution in [0.3, 0.4) is 0 Å². The summed E-state index contributed by atoms with van der Waals surface area (Å²) in [6.07, 6.45) is 4.18. The summed E-state index contributed by atoms with van der Waals surface area (Å²) in [6, 6.07) is 18.4. The molecule has 0 bridgehead atoms. The predicted octanol–water partition coefficient (Wildman–Crippen LogP) is 4.76. The SMILES string of the molecule is CC(C)Oc1ccccc1NC(=O)CCN1CCC(Cc2ccccc2)CC1. The van der Waals surface area contributed by atoms with Gasteiger partial charge in [-0.05, 0) is 69.8 Å². The van der Waals surface area contributed by atoms with Gasteiger partial charge in [0.15, 0.2) is 0 Å². The minimum atomic E-state index is 0.0474. The first-order valence-electron chi connectivity index (χ1n) is 10.4. The maximum absolute atomic E-state index is 12.4. The number of nitrogens with one attached hydrogen (secondary N) is 1. The molecule has 4 nitrogen and oxygen atoms in total. The Morgan fingerprint density at radius 2 is 1.75 bits per heavy atom. The smallest absolute Gasteiger partial charge is 0.225 e. The Morgan fingerprint density at radius 3 is 2.46 bits per heavy atom. The van der Waals surface area contributed by atoms with Gasteiger partial charge in [0.05, 0.1) is 11.8 Å². The van der Waals surface area contributed by atoms with Gasteiger partial charge in [0, 0.05) is 13.0 Å². The van der Waals surface area contributed by atoms with E-state index in [2.05, 4.69) is 40.5 Å². The van der Waals surface area contributed by atoms with Crippen molar-refractivity contribution in [1.29, 1.82) is 0 Å². The number of benzene rings is 2. The van der Waals surface area contributed by atoms with Crippen molar-refractivity contribution in [1.82, 2.24) is 4.90 Å². The van der Waals surface area contributed by atoms with Gasteiger partial charge < -0.3 is 15.0 Å². The molecule has 150 valence electrons. The number of piperidine rings is 1. The Bertz CT molecular complexity index is 737. The monoisotopic (exact) mass is 380 g/mol. The Balaban J connectivity index is 1.40. The van der Waals surface area contributed by atoms with Crippen molar-refractivity contribution in [3.8, 4) is 5.75 Å². The summed E-state index contributed by atoms with van der Waals surface area (Å²) in [5.74, 6) is 1.53. The zero-order valence-electron chi connectivity index (χ0n) is 17.1. The van der Waals surface area contributed by atoms with Crippen LogP contribution in [0, 0.1) is 5.92 Å². The highest BCUT2D eigenvalue weighted by Crippen LogP contribution is 2.25. The number of likely N-dealkylation sites (tertiary alicyclic amines) is 1. The standard InChI is InChI=1S/C24H32N2O2/c1-19(2)28-23-11-7-6-10-22(23)25-24(27)14-17-26-15-12-21(13-16-26)18-20-8-4-3-5-9-20/h3-11,19,21H,12-18H2,1-2H3,(H,25,27). The van der Waals surface area contributed by atoms with E-state index >= 15 is 0 Å². The molecule has 0 unspecified atom stereocenters. The van der Waals surface area contributed by atoms with Crippen LogP contribution in [0.5, 0.6) is 5.75 Å². The second kappa shape index (κ2) is 10.3. The summed E-state index contributed by atoms with van der Waals surface area (Å²) >= 11 is 0. The number of anilines is 1. The third kappa shape index (κ3) is 6.38. The van der Waals surface area contributed by atoms with E-state index in [4.69, 9.17) is 4.74 Å². The molecule has 2 aromatic carbocycles. The summed E-state index contributed by atoms with van der Waals surface area (Å²) in [7, 11) is 0. The van der Waals surface area contributed by atoms with Crippen LogP contribution in [-0.4, -0.2) is 36.5 Å². The normalized spacial score (nSPS) is 15.5. The van der Waals surface area contributed by atoms with E-state index < -0.39 is 0 Å². The van der Waals surface area contributed by atoms with Crippen LogP contribution in [-0.2, 0) is 11.2 Å². The van der Waals surface area contributed by atoms with Crippen molar-refractivity contribution >= 4 is 11.6 Å². The molecule has 0 aromatic heterocycles. The Labute approximate surface area is 168 Å². The molecule has 1 aliphatic heterocycles. The second-order valence-electron chi connectivity index (χ2n) is 7.94. The molecular weight excluding hydrogens is 348 g/mol. The van der Waals surface area contributed by atoms with Crippen molar-refractivity contribution < 1.29 is 9.53 Å². The molecule has 1 heterocycles. The molecule has 3 rings (SSSR count). The Kier molecular flexibility index (Phi) is 7.49. The molecule has 1 saturated heterocycles. The predicted molar refractivity (Wildman–Crippen MR) is 115 cm³/mol. The molecule has 2 aromatic rings. The molecule has 28 heavy (non-hydrogen) atoms. The summed E-state index contributed by atoms with van der Waals surface area (Å²) in [5, 5.41) is 3.01. The van der Waals surface area contributed by atoms with Crippen LogP contribution in [0.2, 0.25) is 0 Å². The third-order valence-electron chi connectivity index (χ3n) is 5.25. The van der Waals surface area contributed by atoms with Gasteiger partial charge >= 0.3 is 0 Å². The molecule has 0 aliphatic carbocycles. The van der Waals surface area contributed by atoms with Crippen LogP contribution in [0.1, 0.15) is 38.7 Å². The highest BCUT2D eigenvalue weighted by atomic mass is 16.5. The van der Waals surface area contributed by atoms with Crippen molar-refractivity contribution in [3.63, 3.8) is 0 Å². The highest BCUT2D eigenvalue weighted by molar-refractivity contribution is 5.92. The summed E-state index contributed by atoms with van der Waals surface area (Å²) in [4.78, 5) is 14.8. The van der Waals surface area contributed by atoms with E-state index in [0.717, 1.165) is 37.0 Å². The molecular formula is C24H32N2O2. The number of hydrogen-bond donors (Lipinski definition) is 1. The van der Waals surface area contributed by atoms with Crippen LogP contribution < -0.4 is 10.1 Å². The van der Waals surface area contributed by atoms with Gasteiger partial charge in [-0.1, -0.05) is 42.5 Å². The fourth-order valence-electron chi connectivity index (χ4n) is 3.76. The molecule has 1 aliphatic rings. The highest BCUT2D eigenvalue weighted by Gasteiger charge is 2.20. The number of carbonyl (C=O) groups is 1. The summed E-state index contributed by atoms with van der Waals surface area (Å²) < 4.78 is 5.78. The van der Waals surface area contributed by atoms with E-state index in [1.54, 1.807) is 0 Å². The lowest BCUT2D eigenvalue weighted by Crippen LogP contribution is -2.36. The quantitative estimate of drug-likeness (QED) is 0.718. The van der Waals surface area contributed by atoms with E-state index in [1.807, 2.05) is 38.1 Å². The number of amides is 1. The molecule has 1 amide bonds. The van der Waals surface area contributed by atoms with Crippen molar-refractivity contribution in [2.45, 2.75) is 45.6 Å². The topological polar surface area (TPSA) is 41.6 Å². The minimum Gasteiger partial charge on any atom is -0.489 e. The zero-order valence-corrected chi connectivity index (χ0v) is 17.1. The first-order chi connectivity index (χ1) is 13.6. The van der Waals surface area contributed by atoms with Gasteiger partial charge in [0.2, 0.25) is 5.91 Å². The van der Waals surface area contributed by atoms with Crippen molar-refractivity contribution in [2.24, 2.45) is 5.92 Å². The number of rotatable bonds is 8. The number of nitrogens with zero attached hydrogens (tertiary/aromatic N) is 1. The van der Waals surface area contributed by atoms with Gasteiger partial charge in [-0.2, -0.15) is 0 Å². The van der Waals surface area contributed by atoms with E-state index in [0.29, 0.717) is 6.42 Å². The van der Waals surface area contributed by atoms with Crippen LogP contribution in [0.15, 0.2) is 54.6 Å². The van der Waals surface area contributed by atoms with Gasteiger partial charge in [-0.25, -0.2) is 0 Å².